The highest BCUT2D eigenvalue weighted by Crippen LogP contribution is 2.33. The topological polar surface area (TPSA) is 106 Å². The number of aromatic nitrogens is 1. The smallest absolute Gasteiger partial charge is 0.416 e. The molecule has 3 aromatic rings. The fourth-order valence-electron chi connectivity index (χ4n) is 3.46. The summed E-state index contributed by atoms with van der Waals surface area (Å²) in [5.74, 6) is -0.370. The van der Waals surface area contributed by atoms with E-state index in [1.807, 2.05) is 12.1 Å². The van der Waals surface area contributed by atoms with Gasteiger partial charge in [-0.3, -0.25) is 10.1 Å². The van der Waals surface area contributed by atoms with Crippen LogP contribution in [0.25, 0.3) is 10.9 Å². The first-order chi connectivity index (χ1) is 13.3. The molecule has 1 atom stereocenters. The van der Waals surface area contributed by atoms with E-state index in [0.717, 1.165) is 28.6 Å². The summed E-state index contributed by atoms with van der Waals surface area (Å²) >= 11 is 0. The van der Waals surface area contributed by atoms with Crippen molar-refractivity contribution in [1.29, 1.82) is 0 Å². The van der Waals surface area contributed by atoms with Crippen molar-refractivity contribution in [3.05, 3.63) is 64.8 Å². The lowest BCUT2D eigenvalue weighted by Crippen LogP contribution is -2.34. The SMILES string of the molecule is Cl.O.O=C(O)C1NCCc2c1[nH]c1ccc(OCc3ccc(C(F)(F)F)cc3)cc21. The fourth-order valence-corrected chi connectivity index (χ4v) is 3.46. The van der Waals surface area contributed by atoms with Crippen molar-refractivity contribution >= 4 is 29.3 Å². The van der Waals surface area contributed by atoms with Crippen molar-refractivity contribution < 1.29 is 33.3 Å². The summed E-state index contributed by atoms with van der Waals surface area (Å²) in [6.45, 7) is 0.698. The molecule has 10 heteroatoms. The standard InChI is InChI=1S/C20H17F3N2O3.ClH.H2O/c21-20(22,23)12-3-1-11(2-4-12)10-28-13-5-6-16-15(9-13)14-7-8-24-18(19(26)27)17(14)25-16;;/h1-6,9,18,24-25H,7-8,10H2,(H,26,27);1H;1H2. The zero-order valence-corrected chi connectivity index (χ0v) is 16.4. The van der Waals surface area contributed by atoms with Crippen molar-refractivity contribution in [2.45, 2.75) is 25.2 Å². The Labute approximate surface area is 175 Å². The van der Waals surface area contributed by atoms with E-state index in [-0.39, 0.29) is 24.5 Å². The molecule has 0 radical (unpaired) electrons. The van der Waals surface area contributed by atoms with Crippen molar-refractivity contribution in [3.63, 3.8) is 0 Å². The monoisotopic (exact) mass is 444 g/mol. The molecule has 1 unspecified atom stereocenters. The quantitative estimate of drug-likeness (QED) is 0.571. The summed E-state index contributed by atoms with van der Waals surface area (Å²) in [7, 11) is 0. The summed E-state index contributed by atoms with van der Waals surface area (Å²) in [6.07, 6.45) is -3.66. The highest BCUT2D eigenvalue weighted by Gasteiger charge is 2.30. The number of H-pyrrole nitrogens is 1. The third kappa shape index (κ3) is 4.53. The zero-order valence-electron chi connectivity index (χ0n) is 15.5. The minimum atomic E-state index is -4.36. The van der Waals surface area contributed by atoms with Gasteiger partial charge < -0.3 is 20.3 Å². The van der Waals surface area contributed by atoms with E-state index in [2.05, 4.69) is 10.3 Å². The van der Waals surface area contributed by atoms with Crippen molar-refractivity contribution in [2.24, 2.45) is 0 Å². The number of aliphatic carboxylic acids is 1. The van der Waals surface area contributed by atoms with Crippen LogP contribution in [-0.2, 0) is 24.0 Å². The maximum absolute atomic E-state index is 12.6. The minimum Gasteiger partial charge on any atom is -0.489 e. The Morgan fingerprint density at radius 2 is 1.87 bits per heavy atom. The van der Waals surface area contributed by atoms with Crippen molar-refractivity contribution in [3.8, 4) is 5.75 Å². The summed E-state index contributed by atoms with van der Waals surface area (Å²) < 4.78 is 43.6. The van der Waals surface area contributed by atoms with Gasteiger partial charge in [0.05, 0.1) is 5.56 Å². The largest absolute Gasteiger partial charge is 0.489 e. The number of hydrogen-bond donors (Lipinski definition) is 3. The molecule has 0 fully saturated rings. The van der Waals surface area contributed by atoms with Gasteiger partial charge in [0.25, 0.3) is 0 Å². The lowest BCUT2D eigenvalue weighted by Gasteiger charge is -2.20. The van der Waals surface area contributed by atoms with Gasteiger partial charge in [-0.15, -0.1) is 12.4 Å². The normalized spacial score (nSPS) is 15.6. The van der Waals surface area contributed by atoms with E-state index in [4.69, 9.17) is 4.74 Å². The van der Waals surface area contributed by atoms with Crippen LogP contribution >= 0.6 is 12.4 Å². The Morgan fingerprint density at radius 3 is 2.50 bits per heavy atom. The second-order valence-electron chi connectivity index (χ2n) is 6.68. The second kappa shape index (κ2) is 8.95. The first-order valence-electron chi connectivity index (χ1n) is 8.72. The molecule has 2 heterocycles. The molecule has 5 N–H and O–H groups in total. The molecule has 0 bridgehead atoms. The lowest BCUT2D eigenvalue weighted by atomic mass is 9.99. The molecule has 2 aromatic carbocycles. The molecule has 162 valence electrons. The van der Waals surface area contributed by atoms with E-state index in [1.165, 1.54) is 12.1 Å². The number of aromatic amines is 1. The zero-order chi connectivity index (χ0) is 19.9. The second-order valence-corrected chi connectivity index (χ2v) is 6.68. The molecule has 0 saturated carbocycles. The van der Waals surface area contributed by atoms with Crippen LogP contribution < -0.4 is 10.1 Å². The first-order valence-corrected chi connectivity index (χ1v) is 8.72. The Bertz CT molecular complexity index is 1030. The van der Waals surface area contributed by atoms with Crippen LogP contribution in [0.4, 0.5) is 13.2 Å². The van der Waals surface area contributed by atoms with Crippen LogP contribution in [0.5, 0.6) is 5.75 Å². The van der Waals surface area contributed by atoms with Gasteiger partial charge in [0, 0.05) is 23.1 Å². The average molecular weight is 445 g/mol. The molecule has 0 amide bonds. The van der Waals surface area contributed by atoms with Crippen LogP contribution in [0.15, 0.2) is 42.5 Å². The molecule has 1 aromatic heterocycles. The third-order valence-corrected chi connectivity index (χ3v) is 4.86. The van der Waals surface area contributed by atoms with Gasteiger partial charge in [-0.25, -0.2) is 0 Å². The number of fused-ring (bicyclic) bond motifs is 3. The molecule has 4 rings (SSSR count). The number of halogens is 4. The molecular weight excluding hydrogens is 425 g/mol. The van der Waals surface area contributed by atoms with Gasteiger partial charge >= 0.3 is 12.1 Å². The van der Waals surface area contributed by atoms with Crippen molar-refractivity contribution in [2.75, 3.05) is 6.54 Å². The maximum Gasteiger partial charge on any atom is 0.416 e. The number of carboxylic acids is 1. The van der Waals surface area contributed by atoms with Gasteiger partial charge in [-0.05, 0) is 47.9 Å². The summed E-state index contributed by atoms with van der Waals surface area (Å²) in [5.41, 5.74) is 2.34. The fraction of sp³-hybridized carbons (Fsp3) is 0.250. The summed E-state index contributed by atoms with van der Waals surface area (Å²) in [6, 6.07) is 9.47. The summed E-state index contributed by atoms with van der Waals surface area (Å²) in [5, 5.41) is 13.2. The predicted octanol–water partition coefficient (Wildman–Crippen LogP) is 3.63. The molecular formula is C20H20ClF3N2O4. The lowest BCUT2D eigenvalue weighted by molar-refractivity contribution is -0.140. The number of carboxylic acid groups (broad SMARTS) is 1. The molecule has 0 saturated heterocycles. The molecule has 1 aliphatic rings. The van der Waals surface area contributed by atoms with Crippen LogP contribution in [0.3, 0.4) is 0 Å². The minimum absolute atomic E-state index is 0. The highest BCUT2D eigenvalue weighted by molar-refractivity contribution is 5.89. The Balaban J connectivity index is 0.00000160. The molecule has 1 aliphatic heterocycles. The van der Waals surface area contributed by atoms with E-state index in [1.54, 1.807) is 6.07 Å². The van der Waals surface area contributed by atoms with E-state index in [0.29, 0.717) is 30.0 Å². The van der Waals surface area contributed by atoms with E-state index in [9.17, 15) is 23.1 Å². The average Bonchev–Trinajstić information content (AvgIpc) is 3.04. The van der Waals surface area contributed by atoms with Gasteiger partial charge in [-0.1, -0.05) is 12.1 Å². The number of alkyl halides is 3. The Morgan fingerprint density at radius 1 is 1.17 bits per heavy atom. The van der Waals surface area contributed by atoms with Crippen LogP contribution in [0.1, 0.15) is 28.4 Å². The van der Waals surface area contributed by atoms with Gasteiger partial charge in [-0.2, -0.15) is 13.2 Å². The highest BCUT2D eigenvalue weighted by atomic mass is 35.5. The Kier molecular flexibility index (Phi) is 7.02. The predicted molar refractivity (Wildman–Crippen MR) is 107 cm³/mol. The molecule has 6 nitrogen and oxygen atoms in total. The molecule has 0 aliphatic carbocycles. The maximum atomic E-state index is 12.6. The van der Waals surface area contributed by atoms with Gasteiger partial charge in [0.1, 0.15) is 18.4 Å². The van der Waals surface area contributed by atoms with Crippen LogP contribution in [-0.4, -0.2) is 28.1 Å². The number of carbonyl (C=O) groups is 1. The molecule has 0 spiro atoms. The number of ether oxygens (including phenoxy) is 1. The number of rotatable bonds is 4. The Hall–Kier alpha value is -2.75. The van der Waals surface area contributed by atoms with Crippen LogP contribution in [0.2, 0.25) is 0 Å². The third-order valence-electron chi connectivity index (χ3n) is 4.86. The number of benzene rings is 2. The number of hydrogen-bond acceptors (Lipinski definition) is 3. The van der Waals surface area contributed by atoms with Crippen LogP contribution in [0, 0.1) is 0 Å². The molecule has 30 heavy (non-hydrogen) atoms. The van der Waals surface area contributed by atoms with Gasteiger partial charge in [0.2, 0.25) is 0 Å². The van der Waals surface area contributed by atoms with E-state index < -0.39 is 23.8 Å². The van der Waals surface area contributed by atoms with E-state index >= 15 is 0 Å². The first kappa shape index (κ1) is 23.5. The summed E-state index contributed by atoms with van der Waals surface area (Å²) in [4.78, 5) is 14.6. The number of nitrogens with one attached hydrogen (secondary N) is 2. The van der Waals surface area contributed by atoms with Gasteiger partial charge in [0.15, 0.2) is 0 Å². The van der Waals surface area contributed by atoms with Crippen molar-refractivity contribution in [1.82, 2.24) is 10.3 Å².